The van der Waals surface area contributed by atoms with E-state index in [0.717, 1.165) is 38.0 Å². The molecule has 18 heavy (non-hydrogen) atoms. The van der Waals surface area contributed by atoms with Crippen LogP contribution >= 0.6 is 0 Å². The second-order valence-electron chi connectivity index (χ2n) is 4.94. The van der Waals surface area contributed by atoms with Gasteiger partial charge in [0.25, 0.3) is 0 Å². The molecule has 2 heteroatoms. The average Bonchev–Trinajstić information content (AvgIpc) is 2.34. The highest BCUT2D eigenvalue weighted by atomic mass is 16.3. The predicted octanol–water partition coefficient (Wildman–Crippen LogP) is 3.97. The summed E-state index contributed by atoms with van der Waals surface area (Å²) < 4.78 is 0. The molecule has 0 heterocycles. The van der Waals surface area contributed by atoms with E-state index in [9.17, 15) is 5.11 Å². The lowest BCUT2D eigenvalue weighted by Crippen LogP contribution is -2.25. The molecule has 0 aliphatic rings. The average molecular weight is 249 g/mol. The van der Waals surface area contributed by atoms with E-state index in [1.165, 1.54) is 18.4 Å². The fourth-order valence-corrected chi connectivity index (χ4v) is 2.45. The Kier molecular flexibility index (Phi) is 6.81. The molecular formula is C16H27NO. The molecule has 2 nitrogen and oxygen atoms in total. The fourth-order valence-electron chi connectivity index (χ4n) is 2.45. The zero-order valence-corrected chi connectivity index (χ0v) is 12.1. The summed E-state index contributed by atoms with van der Waals surface area (Å²) in [6.45, 7) is 9.83. The number of benzene rings is 1. The third kappa shape index (κ3) is 4.34. The smallest absolute Gasteiger partial charge is 0.119 e. The van der Waals surface area contributed by atoms with Gasteiger partial charge in [-0.2, -0.15) is 0 Å². The summed E-state index contributed by atoms with van der Waals surface area (Å²) >= 11 is 0. The number of phenols is 1. The van der Waals surface area contributed by atoms with Crippen molar-refractivity contribution >= 4 is 0 Å². The largest absolute Gasteiger partial charge is 0.508 e. The zero-order chi connectivity index (χ0) is 13.4. The van der Waals surface area contributed by atoms with E-state index in [1.54, 1.807) is 6.07 Å². The van der Waals surface area contributed by atoms with Gasteiger partial charge in [-0.05, 0) is 49.5 Å². The summed E-state index contributed by atoms with van der Waals surface area (Å²) in [5.74, 6) is 0.460. The number of rotatable bonds is 8. The minimum atomic E-state index is 0.460. The molecule has 1 aromatic carbocycles. The SMILES string of the molecule is CCCc1c(O)cccc1CN(CCC)CCC. The van der Waals surface area contributed by atoms with Gasteiger partial charge >= 0.3 is 0 Å². The normalized spacial score (nSPS) is 11.1. The minimum Gasteiger partial charge on any atom is -0.508 e. The summed E-state index contributed by atoms with van der Waals surface area (Å²) in [5, 5.41) is 9.98. The summed E-state index contributed by atoms with van der Waals surface area (Å²) in [5.41, 5.74) is 2.43. The summed E-state index contributed by atoms with van der Waals surface area (Å²) in [6, 6.07) is 5.92. The van der Waals surface area contributed by atoms with Crippen LogP contribution < -0.4 is 0 Å². The van der Waals surface area contributed by atoms with E-state index in [2.05, 4.69) is 31.7 Å². The lowest BCUT2D eigenvalue weighted by atomic mass is 10.0. The number of nitrogens with zero attached hydrogens (tertiary/aromatic N) is 1. The van der Waals surface area contributed by atoms with Crippen LogP contribution in [0, 0.1) is 0 Å². The monoisotopic (exact) mass is 249 g/mol. The van der Waals surface area contributed by atoms with Gasteiger partial charge in [0.05, 0.1) is 0 Å². The van der Waals surface area contributed by atoms with Crippen LogP contribution in [-0.2, 0) is 13.0 Å². The van der Waals surface area contributed by atoms with E-state index in [4.69, 9.17) is 0 Å². The van der Waals surface area contributed by atoms with Gasteiger partial charge in [-0.15, -0.1) is 0 Å². The lowest BCUT2D eigenvalue weighted by Gasteiger charge is -2.23. The van der Waals surface area contributed by atoms with Gasteiger partial charge in [0.1, 0.15) is 5.75 Å². The van der Waals surface area contributed by atoms with Gasteiger partial charge < -0.3 is 5.11 Å². The number of aromatic hydroxyl groups is 1. The number of hydrogen-bond donors (Lipinski definition) is 1. The van der Waals surface area contributed by atoms with E-state index in [0.29, 0.717) is 5.75 Å². The van der Waals surface area contributed by atoms with Crippen LogP contribution in [0.25, 0.3) is 0 Å². The first-order chi connectivity index (χ1) is 8.72. The molecule has 0 aliphatic carbocycles. The molecule has 0 spiro atoms. The van der Waals surface area contributed by atoms with Gasteiger partial charge in [-0.3, -0.25) is 4.90 Å². The van der Waals surface area contributed by atoms with Crippen molar-refractivity contribution in [1.82, 2.24) is 4.90 Å². The molecule has 0 unspecified atom stereocenters. The first-order valence-corrected chi connectivity index (χ1v) is 7.24. The quantitative estimate of drug-likeness (QED) is 0.753. The molecule has 0 fully saturated rings. The highest BCUT2D eigenvalue weighted by molar-refractivity contribution is 5.39. The molecule has 0 saturated carbocycles. The van der Waals surface area contributed by atoms with Crippen molar-refractivity contribution in [2.24, 2.45) is 0 Å². The molecule has 0 aliphatic heterocycles. The van der Waals surface area contributed by atoms with Crippen molar-refractivity contribution in [3.63, 3.8) is 0 Å². The molecular weight excluding hydrogens is 222 g/mol. The Morgan fingerprint density at radius 2 is 1.67 bits per heavy atom. The van der Waals surface area contributed by atoms with Crippen molar-refractivity contribution in [2.75, 3.05) is 13.1 Å². The fraction of sp³-hybridized carbons (Fsp3) is 0.625. The Morgan fingerprint density at radius 3 is 2.22 bits per heavy atom. The van der Waals surface area contributed by atoms with E-state index in [1.807, 2.05) is 6.07 Å². The molecule has 0 bridgehead atoms. The van der Waals surface area contributed by atoms with Crippen LogP contribution in [-0.4, -0.2) is 23.1 Å². The van der Waals surface area contributed by atoms with Crippen molar-refractivity contribution in [2.45, 2.75) is 53.0 Å². The third-order valence-electron chi connectivity index (χ3n) is 3.22. The van der Waals surface area contributed by atoms with E-state index >= 15 is 0 Å². The molecule has 0 aromatic heterocycles. The van der Waals surface area contributed by atoms with Crippen molar-refractivity contribution in [1.29, 1.82) is 0 Å². The molecule has 1 N–H and O–H groups in total. The van der Waals surface area contributed by atoms with E-state index < -0.39 is 0 Å². The maximum absolute atomic E-state index is 9.98. The van der Waals surface area contributed by atoms with Gasteiger partial charge in [0.2, 0.25) is 0 Å². The first-order valence-electron chi connectivity index (χ1n) is 7.24. The number of phenolic OH excluding ortho intramolecular Hbond substituents is 1. The highest BCUT2D eigenvalue weighted by Gasteiger charge is 2.10. The molecule has 1 aromatic rings. The Balaban J connectivity index is 2.83. The maximum atomic E-state index is 9.98. The Hall–Kier alpha value is -1.02. The van der Waals surface area contributed by atoms with Crippen LogP contribution in [0.15, 0.2) is 18.2 Å². The van der Waals surface area contributed by atoms with Gasteiger partial charge in [-0.25, -0.2) is 0 Å². The Bertz CT molecular complexity index is 343. The third-order valence-corrected chi connectivity index (χ3v) is 3.22. The Labute approximate surface area is 112 Å². The second kappa shape index (κ2) is 8.15. The molecule has 0 atom stereocenters. The van der Waals surface area contributed by atoms with Crippen LogP contribution in [0.1, 0.15) is 51.2 Å². The molecule has 0 amide bonds. The van der Waals surface area contributed by atoms with Gasteiger partial charge in [-0.1, -0.05) is 39.3 Å². The summed E-state index contributed by atoms with van der Waals surface area (Å²) in [6.07, 6.45) is 4.41. The predicted molar refractivity (Wildman–Crippen MR) is 78.0 cm³/mol. The minimum absolute atomic E-state index is 0.460. The molecule has 0 radical (unpaired) electrons. The van der Waals surface area contributed by atoms with Crippen molar-refractivity contribution < 1.29 is 5.11 Å². The number of hydrogen-bond acceptors (Lipinski definition) is 2. The van der Waals surface area contributed by atoms with Crippen molar-refractivity contribution in [3.8, 4) is 5.75 Å². The summed E-state index contributed by atoms with van der Waals surface area (Å²) in [4.78, 5) is 2.48. The van der Waals surface area contributed by atoms with E-state index in [-0.39, 0.29) is 0 Å². The lowest BCUT2D eigenvalue weighted by molar-refractivity contribution is 0.265. The summed E-state index contributed by atoms with van der Waals surface area (Å²) in [7, 11) is 0. The van der Waals surface area contributed by atoms with Crippen molar-refractivity contribution in [3.05, 3.63) is 29.3 Å². The molecule has 0 saturated heterocycles. The van der Waals surface area contributed by atoms with Crippen LogP contribution in [0.3, 0.4) is 0 Å². The van der Waals surface area contributed by atoms with Crippen LogP contribution in [0.4, 0.5) is 0 Å². The first kappa shape index (κ1) is 15.0. The highest BCUT2D eigenvalue weighted by Crippen LogP contribution is 2.24. The van der Waals surface area contributed by atoms with Crippen LogP contribution in [0.2, 0.25) is 0 Å². The van der Waals surface area contributed by atoms with Crippen LogP contribution in [0.5, 0.6) is 5.75 Å². The maximum Gasteiger partial charge on any atom is 0.119 e. The van der Waals surface area contributed by atoms with Gasteiger partial charge in [0, 0.05) is 6.54 Å². The standard InChI is InChI=1S/C16H27NO/c1-4-8-15-14(9-7-10-16(15)18)13-17(11-5-2)12-6-3/h7,9-10,18H,4-6,8,11-13H2,1-3H3. The zero-order valence-electron chi connectivity index (χ0n) is 12.1. The van der Waals surface area contributed by atoms with Gasteiger partial charge in [0.15, 0.2) is 0 Å². The molecule has 102 valence electrons. The second-order valence-corrected chi connectivity index (χ2v) is 4.94. The topological polar surface area (TPSA) is 23.5 Å². The molecule has 1 rings (SSSR count). The Morgan fingerprint density at radius 1 is 1.00 bits per heavy atom.